The summed E-state index contributed by atoms with van der Waals surface area (Å²) in [6.07, 6.45) is 0. The number of ether oxygens (including phenoxy) is 2. The molecule has 0 saturated carbocycles. The lowest BCUT2D eigenvalue weighted by Crippen LogP contribution is -2.40. The summed E-state index contributed by atoms with van der Waals surface area (Å²) in [7, 11) is -2.74. The molecule has 3 N–H and O–H groups in total. The van der Waals surface area contributed by atoms with Crippen molar-refractivity contribution in [3.8, 4) is 23.1 Å². The molecule has 0 atom stereocenters. The van der Waals surface area contributed by atoms with Crippen molar-refractivity contribution in [3.05, 3.63) is 63.8 Å². The van der Waals surface area contributed by atoms with Crippen molar-refractivity contribution in [1.82, 2.24) is 14.5 Å². The van der Waals surface area contributed by atoms with Crippen LogP contribution in [0.4, 0.5) is 5.69 Å². The molecule has 0 unspecified atom stereocenters. The molecule has 12 nitrogen and oxygen atoms in total. The lowest BCUT2D eigenvalue weighted by atomic mass is 10.1. The van der Waals surface area contributed by atoms with Gasteiger partial charge >= 0.3 is 0 Å². The molecule has 3 rings (SSSR count). The number of carbonyl (C=O) groups is 1. The predicted octanol–water partition coefficient (Wildman–Crippen LogP) is 3.07. The third-order valence-electron chi connectivity index (χ3n) is 4.69. The molecular formula is C22H25N5O7S. The highest BCUT2D eigenvalue weighted by molar-refractivity contribution is 7.89. The Bertz CT molecular complexity index is 1390. The Morgan fingerprint density at radius 2 is 1.80 bits per heavy atom. The first-order chi connectivity index (χ1) is 16.2. The highest BCUT2D eigenvalue weighted by atomic mass is 32.2. The zero-order valence-corrected chi connectivity index (χ0v) is 20.5. The van der Waals surface area contributed by atoms with Crippen LogP contribution in [0.3, 0.4) is 0 Å². The Kier molecular flexibility index (Phi) is 6.85. The van der Waals surface area contributed by atoms with Crippen LogP contribution < -0.4 is 19.9 Å². The van der Waals surface area contributed by atoms with Crippen molar-refractivity contribution in [2.24, 2.45) is 5.73 Å². The van der Waals surface area contributed by atoms with Crippen molar-refractivity contribution < 1.29 is 27.6 Å². The molecule has 0 radical (unpaired) electrons. The number of nitrogens with zero attached hydrogens (tertiary/aromatic N) is 3. The summed E-state index contributed by atoms with van der Waals surface area (Å²) >= 11 is 0. The summed E-state index contributed by atoms with van der Waals surface area (Å²) in [4.78, 5) is 22.1. The Balaban J connectivity index is 2.21. The molecule has 0 fully saturated rings. The van der Waals surface area contributed by atoms with Crippen molar-refractivity contribution in [2.45, 2.75) is 38.1 Å². The fraction of sp³-hybridized carbons (Fsp3) is 0.273. The standard InChI is InChI=1S/C22H25N5O7S/c1-13-19(20(23)28)24-26(14-6-9-16(33-5)10-7-14)21(13)34-17-11-8-15(27(29)30)12-18(17)35(31,32)25-22(2,3)4/h6-12,25H,1-5H3,(H2,23,28). The van der Waals surface area contributed by atoms with E-state index in [9.17, 15) is 23.3 Å². The van der Waals surface area contributed by atoms with E-state index in [1.165, 1.54) is 24.8 Å². The topological polar surface area (TPSA) is 169 Å². The number of nitro benzene ring substituents is 1. The first-order valence-electron chi connectivity index (χ1n) is 10.3. The van der Waals surface area contributed by atoms with Crippen LogP contribution in [0.15, 0.2) is 47.4 Å². The number of non-ortho nitro benzene ring substituents is 1. The normalized spacial score (nSPS) is 11.8. The van der Waals surface area contributed by atoms with Crippen molar-refractivity contribution in [2.75, 3.05) is 7.11 Å². The second kappa shape index (κ2) is 9.35. The maximum atomic E-state index is 13.1. The summed E-state index contributed by atoms with van der Waals surface area (Å²) in [5.41, 5.74) is 4.78. The van der Waals surface area contributed by atoms with Gasteiger partial charge in [0.2, 0.25) is 15.9 Å². The highest BCUT2D eigenvalue weighted by Gasteiger charge is 2.30. The van der Waals surface area contributed by atoms with Gasteiger partial charge in [0.05, 0.1) is 17.7 Å². The van der Waals surface area contributed by atoms with Gasteiger partial charge in [-0.1, -0.05) is 0 Å². The van der Waals surface area contributed by atoms with Crippen LogP contribution in [0.1, 0.15) is 36.8 Å². The monoisotopic (exact) mass is 503 g/mol. The van der Waals surface area contributed by atoms with Gasteiger partial charge < -0.3 is 15.2 Å². The molecule has 0 aliphatic heterocycles. The Hall–Kier alpha value is -3.97. The predicted molar refractivity (Wildman–Crippen MR) is 127 cm³/mol. The number of primary amides is 1. The number of hydrogen-bond donors (Lipinski definition) is 2. The van der Waals surface area contributed by atoms with E-state index < -0.39 is 37.0 Å². The third kappa shape index (κ3) is 5.58. The second-order valence-electron chi connectivity index (χ2n) is 8.60. The van der Waals surface area contributed by atoms with E-state index in [-0.39, 0.29) is 22.9 Å². The van der Waals surface area contributed by atoms with Crippen LogP contribution >= 0.6 is 0 Å². The fourth-order valence-electron chi connectivity index (χ4n) is 3.20. The van der Waals surface area contributed by atoms with Crippen LogP contribution in [0.25, 0.3) is 5.69 Å². The van der Waals surface area contributed by atoms with Crippen molar-refractivity contribution >= 4 is 21.6 Å². The molecule has 3 aromatic rings. The molecule has 1 amide bonds. The van der Waals surface area contributed by atoms with Crippen molar-refractivity contribution in [3.63, 3.8) is 0 Å². The number of sulfonamides is 1. The van der Waals surface area contributed by atoms with Gasteiger partial charge in [-0.25, -0.2) is 13.1 Å². The second-order valence-corrected chi connectivity index (χ2v) is 10.2. The van der Waals surface area contributed by atoms with Crippen LogP contribution in [0, 0.1) is 17.0 Å². The molecule has 1 heterocycles. The molecular weight excluding hydrogens is 478 g/mol. The first-order valence-corrected chi connectivity index (χ1v) is 11.8. The molecule has 0 spiro atoms. The van der Waals surface area contributed by atoms with Gasteiger partial charge in [0, 0.05) is 23.2 Å². The van der Waals surface area contributed by atoms with Crippen LogP contribution in [0.2, 0.25) is 0 Å². The lowest BCUT2D eigenvalue weighted by Gasteiger charge is -2.21. The molecule has 13 heteroatoms. The number of nitro groups is 1. The summed E-state index contributed by atoms with van der Waals surface area (Å²) in [6.45, 7) is 6.43. The largest absolute Gasteiger partial charge is 0.497 e. The van der Waals surface area contributed by atoms with Crippen molar-refractivity contribution in [1.29, 1.82) is 0 Å². The summed E-state index contributed by atoms with van der Waals surface area (Å²) in [6, 6.07) is 9.81. The van der Waals surface area contributed by atoms with E-state index in [1.54, 1.807) is 45.0 Å². The Morgan fingerprint density at radius 1 is 1.17 bits per heavy atom. The van der Waals surface area contributed by atoms with Gasteiger partial charge in [-0.2, -0.15) is 9.78 Å². The molecule has 0 bridgehead atoms. The average molecular weight is 504 g/mol. The number of amides is 1. The summed E-state index contributed by atoms with van der Waals surface area (Å²) in [5.74, 6) is -0.441. The highest BCUT2D eigenvalue weighted by Crippen LogP contribution is 2.36. The third-order valence-corrected chi connectivity index (χ3v) is 6.47. The minimum atomic E-state index is -4.25. The number of hydrogen-bond acceptors (Lipinski definition) is 8. The molecule has 0 aliphatic rings. The van der Waals surface area contributed by atoms with E-state index in [0.29, 0.717) is 11.4 Å². The smallest absolute Gasteiger partial charge is 0.271 e. The number of carbonyl (C=O) groups excluding carboxylic acids is 1. The molecule has 35 heavy (non-hydrogen) atoms. The Morgan fingerprint density at radius 3 is 2.31 bits per heavy atom. The van der Waals surface area contributed by atoms with Gasteiger partial charge in [0.1, 0.15) is 16.4 Å². The van der Waals surface area contributed by atoms with Gasteiger partial charge in [0.25, 0.3) is 11.6 Å². The van der Waals surface area contributed by atoms with Gasteiger partial charge in [-0.05, 0) is 58.0 Å². The van der Waals surface area contributed by atoms with E-state index in [0.717, 1.165) is 12.1 Å². The zero-order valence-electron chi connectivity index (χ0n) is 19.7. The maximum absolute atomic E-state index is 13.1. The average Bonchev–Trinajstić information content (AvgIpc) is 3.08. The Labute approximate surface area is 201 Å². The van der Waals surface area contributed by atoms with E-state index in [4.69, 9.17) is 15.2 Å². The van der Waals surface area contributed by atoms with Gasteiger partial charge in [0.15, 0.2) is 5.69 Å². The van der Waals surface area contributed by atoms with E-state index in [1.807, 2.05) is 0 Å². The number of rotatable bonds is 8. The van der Waals surface area contributed by atoms with Gasteiger partial charge in [-0.15, -0.1) is 0 Å². The number of nitrogens with one attached hydrogen (secondary N) is 1. The van der Waals surface area contributed by atoms with Crippen LogP contribution in [0.5, 0.6) is 17.4 Å². The molecule has 0 aliphatic carbocycles. The van der Waals surface area contributed by atoms with Gasteiger partial charge in [-0.3, -0.25) is 14.9 Å². The minimum absolute atomic E-state index is 0.00466. The van der Waals surface area contributed by atoms with Crippen LogP contribution in [-0.4, -0.2) is 41.7 Å². The number of aromatic nitrogens is 2. The number of nitrogens with two attached hydrogens (primary N) is 1. The fourth-order valence-corrected chi connectivity index (χ4v) is 4.77. The van der Waals surface area contributed by atoms with Crippen LogP contribution in [-0.2, 0) is 10.0 Å². The SMILES string of the molecule is COc1ccc(-n2nc(C(N)=O)c(C)c2Oc2ccc([N+](=O)[O-])cc2S(=O)(=O)NC(C)(C)C)cc1. The zero-order chi connectivity index (χ0) is 26.1. The molecule has 186 valence electrons. The molecule has 1 aromatic heterocycles. The number of methoxy groups -OCH3 is 1. The van der Waals surface area contributed by atoms with E-state index in [2.05, 4.69) is 9.82 Å². The molecule has 2 aromatic carbocycles. The minimum Gasteiger partial charge on any atom is -0.497 e. The quantitative estimate of drug-likeness (QED) is 0.349. The first kappa shape index (κ1) is 25.6. The lowest BCUT2D eigenvalue weighted by molar-refractivity contribution is -0.385. The van der Waals surface area contributed by atoms with E-state index >= 15 is 0 Å². The maximum Gasteiger partial charge on any atom is 0.271 e. The number of benzene rings is 2. The molecule has 0 saturated heterocycles. The summed E-state index contributed by atoms with van der Waals surface area (Å²) in [5, 5.41) is 15.6. The summed E-state index contributed by atoms with van der Waals surface area (Å²) < 4.78 is 41.1.